The number of nitrogens with zero attached hydrogens (tertiary/aromatic N) is 1. The fraction of sp³-hybridized carbons (Fsp3) is 0.368. The number of hydrogen-bond acceptors (Lipinski definition) is 2. The van der Waals surface area contributed by atoms with E-state index in [-0.39, 0.29) is 5.82 Å². The van der Waals surface area contributed by atoms with Crippen LogP contribution in [-0.2, 0) is 6.42 Å². The van der Waals surface area contributed by atoms with Crippen molar-refractivity contribution in [2.24, 2.45) is 0 Å². The van der Waals surface area contributed by atoms with E-state index in [0.29, 0.717) is 11.7 Å². The Morgan fingerprint density at radius 3 is 2.38 bits per heavy atom. The minimum atomic E-state index is -0.801. The molecule has 1 aliphatic heterocycles. The number of piperidine rings is 1. The van der Waals surface area contributed by atoms with Crippen molar-refractivity contribution in [3.63, 3.8) is 0 Å². The van der Waals surface area contributed by atoms with Gasteiger partial charge in [-0.2, -0.15) is 0 Å². The summed E-state index contributed by atoms with van der Waals surface area (Å²) in [5.41, 5.74) is 0.816. The molecule has 2 aromatic carbocycles. The highest BCUT2D eigenvalue weighted by Crippen LogP contribution is 2.31. The molecule has 1 heterocycles. The van der Waals surface area contributed by atoms with Gasteiger partial charge < -0.3 is 4.90 Å². The van der Waals surface area contributed by atoms with Crippen molar-refractivity contribution in [2.45, 2.75) is 29.4 Å². The topological polar surface area (TPSA) is 3.24 Å². The Balaban J connectivity index is 1.45. The van der Waals surface area contributed by atoms with Gasteiger partial charge in [-0.25, -0.2) is 13.2 Å². The van der Waals surface area contributed by atoms with Crippen molar-refractivity contribution in [3.05, 3.63) is 65.5 Å². The van der Waals surface area contributed by atoms with Crippen LogP contribution in [0.4, 0.5) is 13.2 Å². The maximum atomic E-state index is 13.7. The summed E-state index contributed by atoms with van der Waals surface area (Å²) in [4.78, 5) is 3.05. The first-order chi connectivity index (χ1) is 11.6. The van der Waals surface area contributed by atoms with Crippen molar-refractivity contribution in [1.29, 1.82) is 0 Å². The van der Waals surface area contributed by atoms with E-state index in [1.54, 1.807) is 23.9 Å². The first-order valence-electron chi connectivity index (χ1n) is 8.19. The lowest BCUT2D eigenvalue weighted by Gasteiger charge is -2.31. The lowest BCUT2D eigenvalue weighted by molar-refractivity contribution is 0.235. The first kappa shape index (κ1) is 17.4. The summed E-state index contributed by atoms with van der Waals surface area (Å²) in [7, 11) is 0. The Bertz CT molecular complexity index is 684. The molecule has 0 aromatic heterocycles. The van der Waals surface area contributed by atoms with Crippen molar-refractivity contribution < 1.29 is 13.2 Å². The average molecular weight is 351 g/mol. The van der Waals surface area contributed by atoms with E-state index in [4.69, 9.17) is 0 Å². The molecule has 0 atom stereocenters. The zero-order chi connectivity index (χ0) is 16.9. The molecule has 0 saturated carbocycles. The number of halogens is 3. The molecule has 3 rings (SSSR count). The molecule has 0 radical (unpaired) electrons. The quantitative estimate of drug-likeness (QED) is 0.753. The normalized spacial score (nSPS) is 16.5. The van der Waals surface area contributed by atoms with E-state index < -0.39 is 11.6 Å². The lowest BCUT2D eigenvalue weighted by Crippen LogP contribution is -2.36. The molecule has 0 spiro atoms. The van der Waals surface area contributed by atoms with Crippen LogP contribution in [0, 0.1) is 17.5 Å². The fourth-order valence-electron chi connectivity index (χ4n) is 2.95. The predicted octanol–water partition coefficient (Wildman–Crippen LogP) is 4.90. The number of hydrogen-bond donors (Lipinski definition) is 0. The SMILES string of the molecule is Fc1ccc(CCN2CCC(Sc3ccccc3F)CC2)cc1F. The van der Waals surface area contributed by atoms with Gasteiger partial charge in [0.2, 0.25) is 0 Å². The van der Waals surface area contributed by atoms with Gasteiger partial charge in [-0.05, 0) is 62.2 Å². The molecule has 0 amide bonds. The highest BCUT2D eigenvalue weighted by Gasteiger charge is 2.20. The molecule has 0 bridgehead atoms. The fourth-order valence-corrected chi connectivity index (χ4v) is 4.10. The van der Waals surface area contributed by atoms with Gasteiger partial charge in [0.25, 0.3) is 0 Å². The predicted molar refractivity (Wildman–Crippen MR) is 91.8 cm³/mol. The van der Waals surface area contributed by atoms with Crippen LogP contribution in [0.5, 0.6) is 0 Å². The van der Waals surface area contributed by atoms with E-state index in [1.807, 2.05) is 12.1 Å². The van der Waals surface area contributed by atoms with Gasteiger partial charge in [0.1, 0.15) is 5.82 Å². The summed E-state index contributed by atoms with van der Waals surface area (Å²) in [6.45, 7) is 2.74. The highest BCUT2D eigenvalue weighted by molar-refractivity contribution is 8.00. The van der Waals surface area contributed by atoms with Gasteiger partial charge >= 0.3 is 0 Å². The Morgan fingerprint density at radius 2 is 1.67 bits per heavy atom. The van der Waals surface area contributed by atoms with Gasteiger partial charge in [-0.3, -0.25) is 0 Å². The lowest BCUT2D eigenvalue weighted by atomic mass is 10.1. The second-order valence-corrected chi connectivity index (χ2v) is 7.43. The molecule has 1 fully saturated rings. The van der Waals surface area contributed by atoms with Crippen LogP contribution in [-0.4, -0.2) is 29.8 Å². The van der Waals surface area contributed by atoms with Crippen LogP contribution < -0.4 is 0 Å². The number of benzene rings is 2. The third-order valence-electron chi connectivity index (χ3n) is 4.37. The van der Waals surface area contributed by atoms with Gasteiger partial charge in [0.15, 0.2) is 11.6 Å². The van der Waals surface area contributed by atoms with E-state index in [1.165, 1.54) is 18.2 Å². The molecule has 1 saturated heterocycles. The summed E-state index contributed by atoms with van der Waals surface area (Å²) in [6.07, 6.45) is 2.73. The molecule has 2 aromatic rings. The molecular weight excluding hydrogens is 331 g/mol. The van der Waals surface area contributed by atoms with E-state index in [0.717, 1.165) is 42.9 Å². The van der Waals surface area contributed by atoms with E-state index >= 15 is 0 Å². The second-order valence-electron chi connectivity index (χ2n) is 6.09. The molecule has 0 unspecified atom stereocenters. The number of rotatable bonds is 5. The smallest absolute Gasteiger partial charge is 0.159 e. The maximum Gasteiger partial charge on any atom is 0.159 e. The first-order valence-corrected chi connectivity index (χ1v) is 9.07. The van der Waals surface area contributed by atoms with Crippen LogP contribution in [0.15, 0.2) is 47.4 Å². The molecule has 1 aliphatic rings. The molecular formula is C19H20F3NS. The standard InChI is InChI=1S/C19H20F3NS/c20-16-6-5-14(13-18(16)22)7-10-23-11-8-15(9-12-23)24-19-4-2-1-3-17(19)21/h1-6,13,15H,7-12H2. The zero-order valence-electron chi connectivity index (χ0n) is 13.4. The molecule has 128 valence electrons. The molecule has 0 N–H and O–H groups in total. The van der Waals surface area contributed by atoms with Crippen LogP contribution in [0.25, 0.3) is 0 Å². The maximum absolute atomic E-state index is 13.7. The molecule has 1 nitrogen and oxygen atoms in total. The van der Waals surface area contributed by atoms with Crippen molar-refractivity contribution in [2.75, 3.05) is 19.6 Å². The van der Waals surface area contributed by atoms with Gasteiger partial charge in [-0.15, -0.1) is 11.8 Å². The van der Waals surface area contributed by atoms with Crippen LogP contribution in [0.2, 0.25) is 0 Å². The third kappa shape index (κ3) is 4.54. The largest absolute Gasteiger partial charge is 0.303 e. The van der Waals surface area contributed by atoms with Gasteiger partial charge in [0, 0.05) is 16.7 Å². The van der Waals surface area contributed by atoms with Crippen LogP contribution >= 0.6 is 11.8 Å². The van der Waals surface area contributed by atoms with E-state index in [9.17, 15) is 13.2 Å². The highest BCUT2D eigenvalue weighted by atomic mass is 32.2. The molecule has 5 heteroatoms. The third-order valence-corrected chi connectivity index (χ3v) is 5.76. The van der Waals surface area contributed by atoms with Crippen molar-refractivity contribution in [3.8, 4) is 0 Å². The molecule has 24 heavy (non-hydrogen) atoms. The second kappa shape index (κ2) is 8.08. The Labute approximate surface area is 144 Å². The average Bonchev–Trinajstić information content (AvgIpc) is 2.59. The van der Waals surface area contributed by atoms with Crippen LogP contribution in [0.1, 0.15) is 18.4 Å². The Kier molecular flexibility index (Phi) is 5.85. The van der Waals surface area contributed by atoms with Crippen molar-refractivity contribution >= 4 is 11.8 Å². The molecule has 0 aliphatic carbocycles. The minimum absolute atomic E-state index is 0.150. The van der Waals surface area contributed by atoms with Crippen molar-refractivity contribution in [1.82, 2.24) is 4.90 Å². The Hall–Kier alpha value is -1.46. The summed E-state index contributed by atoms with van der Waals surface area (Å²) in [5, 5.41) is 0.432. The van der Waals surface area contributed by atoms with E-state index in [2.05, 4.69) is 4.90 Å². The summed E-state index contributed by atoms with van der Waals surface area (Å²) in [6, 6.07) is 11.0. The summed E-state index contributed by atoms with van der Waals surface area (Å²) < 4.78 is 39.8. The monoisotopic (exact) mass is 351 g/mol. The minimum Gasteiger partial charge on any atom is -0.303 e. The summed E-state index contributed by atoms with van der Waals surface area (Å²) >= 11 is 1.62. The Morgan fingerprint density at radius 1 is 0.917 bits per heavy atom. The van der Waals surface area contributed by atoms with Crippen LogP contribution in [0.3, 0.4) is 0 Å². The van der Waals surface area contributed by atoms with Gasteiger partial charge in [0.05, 0.1) is 0 Å². The van der Waals surface area contributed by atoms with Gasteiger partial charge in [-0.1, -0.05) is 18.2 Å². The zero-order valence-corrected chi connectivity index (χ0v) is 14.2. The summed E-state index contributed by atoms with van der Waals surface area (Å²) in [5.74, 6) is -1.74. The number of thioether (sulfide) groups is 1. The number of likely N-dealkylation sites (tertiary alicyclic amines) is 1.